The molecule has 3 heterocycles. The number of imidazole rings is 1. The quantitative estimate of drug-likeness (QED) is 0.643. The minimum atomic E-state index is 0.162. The number of ether oxygens (including phenoxy) is 1. The Morgan fingerprint density at radius 2 is 1.90 bits per heavy atom. The third-order valence-electron chi connectivity index (χ3n) is 5.42. The molecule has 1 fully saturated rings. The van der Waals surface area contributed by atoms with E-state index in [0.29, 0.717) is 18.9 Å². The summed E-state index contributed by atoms with van der Waals surface area (Å²) in [5.41, 5.74) is 1.09. The van der Waals surface area contributed by atoms with Gasteiger partial charge in [-0.15, -0.1) is 0 Å². The Morgan fingerprint density at radius 1 is 1.10 bits per heavy atom. The maximum Gasteiger partial charge on any atom is 0.225 e. The van der Waals surface area contributed by atoms with Crippen molar-refractivity contribution in [1.29, 1.82) is 0 Å². The SMILES string of the molecule is Cc1nccn1-c1cccc(C2CCN(C(=O)CCOc3ccccc3)CC2)n1. The van der Waals surface area contributed by atoms with Crippen molar-refractivity contribution >= 4 is 5.91 Å². The normalized spacial score (nSPS) is 14.7. The van der Waals surface area contributed by atoms with Crippen LogP contribution in [0.3, 0.4) is 0 Å². The van der Waals surface area contributed by atoms with Gasteiger partial charge in [0.15, 0.2) is 0 Å². The highest BCUT2D eigenvalue weighted by Gasteiger charge is 2.24. The first kappa shape index (κ1) is 19.2. The van der Waals surface area contributed by atoms with Crippen LogP contribution in [0.1, 0.15) is 36.7 Å². The van der Waals surface area contributed by atoms with Gasteiger partial charge in [0.1, 0.15) is 17.4 Å². The van der Waals surface area contributed by atoms with Crippen LogP contribution in [-0.2, 0) is 4.79 Å². The Kier molecular flexibility index (Phi) is 5.89. The summed E-state index contributed by atoms with van der Waals surface area (Å²) >= 11 is 0. The number of nitrogens with zero attached hydrogens (tertiary/aromatic N) is 4. The van der Waals surface area contributed by atoms with E-state index in [1.807, 2.05) is 59.0 Å². The fourth-order valence-electron chi connectivity index (χ4n) is 3.78. The number of para-hydroxylation sites is 1. The van der Waals surface area contributed by atoms with Gasteiger partial charge in [0.05, 0.1) is 13.0 Å². The number of rotatable bonds is 6. The van der Waals surface area contributed by atoms with Crippen LogP contribution >= 0.6 is 0 Å². The predicted octanol–water partition coefficient (Wildman–Crippen LogP) is 3.75. The number of benzene rings is 1. The maximum absolute atomic E-state index is 12.5. The summed E-state index contributed by atoms with van der Waals surface area (Å²) in [4.78, 5) is 23.6. The summed E-state index contributed by atoms with van der Waals surface area (Å²) in [5, 5.41) is 0. The number of amides is 1. The van der Waals surface area contributed by atoms with Gasteiger partial charge in [0, 0.05) is 37.1 Å². The summed E-state index contributed by atoms with van der Waals surface area (Å²) in [6.45, 7) is 3.92. The van der Waals surface area contributed by atoms with Crippen LogP contribution in [0.25, 0.3) is 5.82 Å². The molecular weight excluding hydrogens is 364 g/mol. The van der Waals surface area contributed by atoms with Gasteiger partial charge < -0.3 is 9.64 Å². The number of piperidine rings is 1. The molecule has 2 aromatic heterocycles. The second-order valence-corrected chi connectivity index (χ2v) is 7.33. The van der Waals surface area contributed by atoms with Crippen LogP contribution in [-0.4, -0.2) is 45.0 Å². The first-order valence-electron chi connectivity index (χ1n) is 10.1. The van der Waals surface area contributed by atoms with Crippen molar-refractivity contribution < 1.29 is 9.53 Å². The maximum atomic E-state index is 12.5. The summed E-state index contributed by atoms with van der Waals surface area (Å²) in [6, 6.07) is 15.8. The monoisotopic (exact) mass is 390 g/mol. The number of carbonyl (C=O) groups is 1. The fraction of sp³-hybridized carbons (Fsp3) is 0.348. The molecule has 0 radical (unpaired) electrons. The number of pyridine rings is 1. The Labute approximate surface area is 171 Å². The number of aromatic nitrogens is 3. The number of carbonyl (C=O) groups excluding carboxylic acids is 1. The van der Waals surface area contributed by atoms with E-state index in [4.69, 9.17) is 9.72 Å². The highest BCUT2D eigenvalue weighted by molar-refractivity contribution is 5.76. The van der Waals surface area contributed by atoms with Gasteiger partial charge >= 0.3 is 0 Å². The lowest BCUT2D eigenvalue weighted by Crippen LogP contribution is -2.38. The molecular formula is C23H26N4O2. The van der Waals surface area contributed by atoms with E-state index in [2.05, 4.69) is 17.1 Å². The Hall–Kier alpha value is -3.15. The van der Waals surface area contributed by atoms with E-state index >= 15 is 0 Å². The van der Waals surface area contributed by atoms with E-state index in [1.54, 1.807) is 6.20 Å². The Bertz CT molecular complexity index is 946. The van der Waals surface area contributed by atoms with E-state index in [9.17, 15) is 4.79 Å². The second-order valence-electron chi connectivity index (χ2n) is 7.33. The minimum absolute atomic E-state index is 0.162. The summed E-state index contributed by atoms with van der Waals surface area (Å²) in [5.74, 6) is 3.17. The van der Waals surface area contributed by atoms with Crippen LogP contribution in [0.15, 0.2) is 60.9 Å². The standard InChI is InChI=1S/C23H26N4O2/c1-18-24-13-16-27(18)22-9-5-8-21(25-22)19-10-14-26(15-11-19)23(28)12-17-29-20-6-3-2-4-7-20/h2-9,13,16,19H,10-12,14-15,17H2,1H3. The first-order chi connectivity index (χ1) is 14.2. The van der Waals surface area contributed by atoms with Gasteiger partial charge in [-0.25, -0.2) is 9.97 Å². The lowest BCUT2D eigenvalue weighted by atomic mass is 9.93. The van der Waals surface area contributed by atoms with Gasteiger partial charge in [-0.05, 0) is 44.0 Å². The third-order valence-corrected chi connectivity index (χ3v) is 5.42. The molecule has 1 saturated heterocycles. The molecule has 29 heavy (non-hydrogen) atoms. The van der Waals surface area contributed by atoms with Gasteiger partial charge in [0.2, 0.25) is 5.91 Å². The van der Waals surface area contributed by atoms with E-state index in [-0.39, 0.29) is 5.91 Å². The van der Waals surface area contributed by atoms with Crippen molar-refractivity contribution in [3.05, 3.63) is 72.4 Å². The van der Waals surface area contributed by atoms with Gasteiger partial charge in [-0.2, -0.15) is 0 Å². The highest BCUT2D eigenvalue weighted by Crippen LogP contribution is 2.27. The zero-order valence-electron chi connectivity index (χ0n) is 16.7. The molecule has 1 aromatic carbocycles. The van der Waals surface area contributed by atoms with Crippen molar-refractivity contribution in [2.24, 2.45) is 0 Å². The zero-order valence-corrected chi connectivity index (χ0v) is 16.7. The van der Waals surface area contributed by atoms with E-state index < -0.39 is 0 Å². The molecule has 1 aliphatic heterocycles. The molecule has 0 N–H and O–H groups in total. The second kappa shape index (κ2) is 8.90. The van der Waals surface area contributed by atoms with E-state index in [1.165, 1.54) is 0 Å². The van der Waals surface area contributed by atoms with Crippen LogP contribution < -0.4 is 4.74 Å². The molecule has 0 saturated carbocycles. The topological polar surface area (TPSA) is 60.2 Å². The summed E-state index contributed by atoms with van der Waals surface area (Å²) < 4.78 is 7.65. The molecule has 150 valence electrons. The number of hydrogen-bond donors (Lipinski definition) is 0. The fourth-order valence-corrected chi connectivity index (χ4v) is 3.78. The number of aryl methyl sites for hydroxylation is 1. The van der Waals surface area contributed by atoms with Crippen LogP contribution in [0.5, 0.6) is 5.75 Å². The highest BCUT2D eigenvalue weighted by atomic mass is 16.5. The third kappa shape index (κ3) is 4.65. The Morgan fingerprint density at radius 3 is 2.62 bits per heavy atom. The molecule has 1 amide bonds. The van der Waals surface area contributed by atoms with Crippen LogP contribution in [0, 0.1) is 6.92 Å². The molecule has 4 rings (SSSR count). The van der Waals surface area contributed by atoms with Crippen molar-refractivity contribution in [1.82, 2.24) is 19.4 Å². The van der Waals surface area contributed by atoms with Crippen molar-refractivity contribution in [2.45, 2.75) is 32.1 Å². The number of likely N-dealkylation sites (tertiary alicyclic amines) is 1. The van der Waals surface area contributed by atoms with Crippen molar-refractivity contribution in [3.63, 3.8) is 0 Å². The first-order valence-corrected chi connectivity index (χ1v) is 10.1. The summed E-state index contributed by atoms with van der Waals surface area (Å²) in [7, 11) is 0. The van der Waals surface area contributed by atoms with Crippen molar-refractivity contribution in [3.8, 4) is 11.6 Å². The van der Waals surface area contributed by atoms with Crippen molar-refractivity contribution in [2.75, 3.05) is 19.7 Å². The van der Waals surface area contributed by atoms with Gasteiger partial charge in [-0.1, -0.05) is 24.3 Å². The summed E-state index contributed by atoms with van der Waals surface area (Å²) in [6.07, 6.45) is 6.00. The predicted molar refractivity (Wildman–Crippen MR) is 111 cm³/mol. The average molecular weight is 390 g/mol. The van der Waals surface area contributed by atoms with Gasteiger partial charge in [0.25, 0.3) is 0 Å². The smallest absolute Gasteiger partial charge is 0.225 e. The lowest BCUT2D eigenvalue weighted by molar-refractivity contribution is -0.132. The molecule has 0 aliphatic carbocycles. The molecule has 6 heteroatoms. The molecule has 0 unspecified atom stereocenters. The molecule has 0 spiro atoms. The molecule has 0 bridgehead atoms. The molecule has 0 atom stereocenters. The van der Waals surface area contributed by atoms with Crippen LogP contribution in [0.2, 0.25) is 0 Å². The lowest BCUT2D eigenvalue weighted by Gasteiger charge is -2.32. The molecule has 3 aromatic rings. The van der Waals surface area contributed by atoms with Crippen LogP contribution in [0.4, 0.5) is 0 Å². The number of hydrogen-bond acceptors (Lipinski definition) is 4. The minimum Gasteiger partial charge on any atom is -0.493 e. The molecule has 6 nitrogen and oxygen atoms in total. The average Bonchev–Trinajstić information content (AvgIpc) is 3.20. The zero-order chi connectivity index (χ0) is 20.1. The largest absolute Gasteiger partial charge is 0.493 e. The Balaban J connectivity index is 1.29. The van der Waals surface area contributed by atoms with E-state index in [0.717, 1.165) is 49.0 Å². The van der Waals surface area contributed by atoms with Gasteiger partial charge in [-0.3, -0.25) is 9.36 Å². The molecule has 1 aliphatic rings.